The molecule has 0 spiro atoms. The number of likely N-dealkylation sites (tertiary alicyclic amines) is 1. The summed E-state index contributed by atoms with van der Waals surface area (Å²) in [5.41, 5.74) is 1.04. The molecule has 3 rings (SSSR count). The number of hydrogen-bond acceptors (Lipinski definition) is 3. The van der Waals surface area contributed by atoms with Crippen molar-refractivity contribution in [1.82, 2.24) is 0 Å². The van der Waals surface area contributed by atoms with Gasteiger partial charge >= 0.3 is 10.1 Å². The lowest BCUT2D eigenvalue weighted by Crippen LogP contribution is -2.61. The molecule has 1 saturated carbocycles. The van der Waals surface area contributed by atoms with Crippen LogP contribution in [0.5, 0.6) is 0 Å². The smallest absolute Gasteiger partial charge is 0.189 e. The topological polar surface area (TPSA) is 43.4 Å². The van der Waals surface area contributed by atoms with E-state index in [2.05, 4.69) is 6.92 Å². The van der Waals surface area contributed by atoms with Gasteiger partial charge in [0.05, 0.1) is 4.90 Å². The summed E-state index contributed by atoms with van der Waals surface area (Å²) in [5.74, 6) is 1.24. The van der Waals surface area contributed by atoms with Gasteiger partial charge in [-0.1, -0.05) is 35.3 Å². The molecule has 1 heterocycles. The molecule has 1 aliphatic carbocycles. The van der Waals surface area contributed by atoms with E-state index in [1.807, 2.05) is 26.1 Å². The molecule has 128 valence electrons. The first kappa shape index (κ1) is 16.9. The molecule has 1 saturated heterocycles. The monoisotopic (exact) mass is 338 g/mol. The lowest BCUT2D eigenvalue weighted by atomic mass is 9.72. The van der Waals surface area contributed by atoms with Crippen molar-refractivity contribution in [2.24, 2.45) is 11.8 Å². The first-order chi connectivity index (χ1) is 10.8. The van der Waals surface area contributed by atoms with Crippen molar-refractivity contribution >= 4 is 10.1 Å². The van der Waals surface area contributed by atoms with Crippen LogP contribution >= 0.6 is 0 Å². The molecular weight excluding hydrogens is 310 g/mol. The summed E-state index contributed by atoms with van der Waals surface area (Å²) in [5, 5.41) is 0. The number of quaternary nitrogens is 1. The van der Waals surface area contributed by atoms with Crippen molar-refractivity contribution in [3.8, 4) is 0 Å². The molecule has 1 aromatic rings. The van der Waals surface area contributed by atoms with Gasteiger partial charge in [0.25, 0.3) is 0 Å². The molecule has 0 aromatic heterocycles. The summed E-state index contributed by atoms with van der Waals surface area (Å²) >= 11 is 0. The maximum atomic E-state index is 12.7. The van der Waals surface area contributed by atoms with Crippen LogP contribution in [0.15, 0.2) is 29.2 Å². The van der Waals surface area contributed by atoms with Gasteiger partial charge in [0.1, 0.15) is 19.6 Å². The van der Waals surface area contributed by atoms with Gasteiger partial charge in [0.2, 0.25) is 0 Å². The Morgan fingerprint density at radius 1 is 1.09 bits per heavy atom. The molecular formula is C18H28NO3S+. The van der Waals surface area contributed by atoms with E-state index >= 15 is 0 Å². The van der Waals surface area contributed by atoms with Crippen LogP contribution in [-0.4, -0.2) is 32.7 Å². The van der Waals surface area contributed by atoms with Gasteiger partial charge in [-0.2, -0.15) is 13.1 Å². The summed E-state index contributed by atoms with van der Waals surface area (Å²) in [4.78, 5) is 0.258. The number of piperidine rings is 1. The summed E-state index contributed by atoms with van der Waals surface area (Å²) in [6, 6.07) is 7.21. The van der Waals surface area contributed by atoms with E-state index in [9.17, 15) is 8.42 Å². The maximum Gasteiger partial charge on any atom is 0.342 e. The number of aryl methyl sites for hydroxylation is 1. The van der Waals surface area contributed by atoms with Crippen molar-refractivity contribution in [2.75, 3.05) is 13.6 Å². The number of hydrogen-bond donors (Lipinski definition) is 0. The number of benzene rings is 1. The summed E-state index contributed by atoms with van der Waals surface area (Å²) in [6.07, 6.45) is 5.73. The Morgan fingerprint density at radius 2 is 1.74 bits per heavy atom. The van der Waals surface area contributed by atoms with Gasteiger partial charge in [-0.3, -0.25) is 0 Å². The lowest BCUT2D eigenvalue weighted by Gasteiger charge is -2.49. The van der Waals surface area contributed by atoms with Crippen LogP contribution in [0, 0.1) is 18.8 Å². The van der Waals surface area contributed by atoms with Crippen molar-refractivity contribution in [3.63, 3.8) is 0 Å². The van der Waals surface area contributed by atoms with Gasteiger partial charge in [-0.05, 0) is 37.8 Å². The minimum absolute atomic E-state index is 0.214. The number of fused-ring (bicyclic) bond motifs is 1. The van der Waals surface area contributed by atoms with Crippen LogP contribution in [-0.2, 0) is 14.4 Å². The molecule has 0 N–H and O–H groups in total. The van der Waals surface area contributed by atoms with E-state index < -0.39 is 10.1 Å². The molecule has 2 aliphatic rings. The molecule has 4 nitrogen and oxygen atoms in total. The lowest BCUT2D eigenvalue weighted by molar-refractivity contribution is -1.09. The zero-order valence-corrected chi connectivity index (χ0v) is 15.2. The Labute approximate surface area is 140 Å². The van der Waals surface area contributed by atoms with Crippen LogP contribution < -0.4 is 0 Å². The van der Waals surface area contributed by atoms with Crippen molar-refractivity contribution < 1.29 is 17.3 Å². The maximum absolute atomic E-state index is 12.7. The van der Waals surface area contributed by atoms with Crippen molar-refractivity contribution in [2.45, 2.75) is 56.9 Å². The predicted octanol–water partition coefficient (Wildman–Crippen LogP) is 3.66. The molecule has 1 aliphatic heterocycles. The van der Waals surface area contributed by atoms with Gasteiger partial charge in [-0.25, -0.2) is 0 Å². The fraction of sp³-hybridized carbons (Fsp3) is 0.667. The number of hydroxylamine groups is 3. The quantitative estimate of drug-likeness (QED) is 0.790. The van der Waals surface area contributed by atoms with Crippen molar-refractivity contribution in [1.29, 1.82) is 0 Å². The Bertz CT molecular complexity index is 655. The third kappa shape index (κ3) is 3.32. The predicted molar refractivity (Wildman–Crippen MR) is 90.0 cm³/mol. The Kier molecular flexibility index (Phi) is 4.55. The molecule has 2 fully saturated rings. The zero-order chi connectivity index (χ0) is 16.7. The molecule has 0 amide bonds. The molecule has 4 unspecified atom stereocenters. The fourth-order valence-corrected chi connectivity index (χ4v) is 5.58. The molecule has 1 aromatic carbocycles. The van der Waals surface area contributed by atoms with E-state index in [0.717, 1.165) is 24.9 Å². The van der Waals surface area contributed by atoms with E-state index in [1.54, 1.807) is 12.1 Å². The van der Waals surface area contributed by atoms with Crippen LogP contribution in [0.25, 0.3) is 0 Å². The largest absolute Gasteiger partial charge is 0.342 e. The van der Waals surface area contributed by atoms with Gasteiger partial charge in [-0.15, -0.1) is 0 Å². The minimum atomic E-state index is -3.73. The average molecular weight is 338 g/mol. The normalized spacial score (nSPS) is 34.8. The molecule has 23 heavy (non-hydrogen) atoms. The van der Waals surface area contributed by atoms with Gasteiger partial charge < -0.3 is 0 Å². The number of nitrogens with zero attached hydrogens (tertiary/aromatic N) is 1. The molecule has 5 heteroatoms. The van der Waals surface area contributed by atoms with Crippen LogP contribution in [0.2, 0.25) is 0 Å². The van der Waals surface area contributed by atoms with Crippen molar-refractivity contribution in [3.05, 3.63) is 29.8 Å². The molecule has 0 bridgehead atoms. The van der Waals surface area contributed by atoms with E-state index in [1.165, 1.54) is 19.3 Å². The van der Waals surface area contributed by atoms with Gasteiger partial charge in [0.15, 0.2) is 0 Å². The first-order valence-electron chi connectivity index (χ1n) is 8.70. The third-order valence-electron chi connectivity index (χ3n) is 5.82. The first-order valence-corrected chi connectivity index (χ1v) is 10.1. The summed E-state index contributed by atoms with van der Waals surface area (Å²) in [7, 11) is -1.77. The highest BCUT2D eigenvalue weighted by atomic mass is 32.2. The van der Waals surface area contributed by atoms with E-state index in [4.69, 9.17) is 4.28 Å². The Balaban J connectivity index is 1.86. The van der Waals surface area contributed by atoms with Crippen LogP contribution in [0.3, 0.4) is 0 Å². The standard InChI is InChI=1S/C18H28NO3S/c1-14-8-10-16(11-9-14)23(20,21)22-19(3)13-12-15(2)17-6-4-5-7-18(17)19/h8-11,15,17-18H,4-7,12-13H2,1-3H3/q+1. The second-order valence-corrected chi connectivity index (χ2v) is 9.05. The Hall–Kier alpha value is -0.910. The highest BCUT2D eigenvalue weighted by Gasteiger charge is 2.50. The van der Waals surface area contributed by atoms with E-state index in [-0.39, 0.29) is 9.54 Å². The molecule has 4 atom stereocenters. The highest BCUT2D eigenvalue weighted by molar-refractivity contribution is 7.86. The van der Waals surface area contributed by atoms with E-state index in [0.29, 0.717) is 17.9 Å². The summed E-state index contributed by atoms with van der Waals surface area (Å²) < 4.78 is 31.5. The van der Waals surface area contributed by atoms with Gasteiger partial charge in [0, 0.05) is 18.8 Å². The second kappa shape index (κ2) is 6.19. The molecule has 0 radical (unpaired) electrons. The SMILES string of the molecule is Cc1ccc(S(=O)(=O)O[N+]2(C)CCC(C)C3CCCCC32)cc1. The number of rotatable bonds is 3. The summed E-state index contributed by atoms with van der Waals surface area (Å²) in [6.45, 7) is 5.03. The highest BCUT2D eigenvalue weighted by Crippen LogP contribution is 2.43. The zero-order valence-electron chi connectivity index (χ0n) is 14.4. The van der Waals surface area contributed by atoms with Crippen LogP contribution in [0.4, 0.5) is 0 Å². The fourth-order valence-electron chi connectivity index (χ4n) is 4.39. The average Bonchev–Trinajstić information content (AvgIpc) is 2.52. The third-order valence-corrected chi connectivity index (χ3v) is 7.21. The Morgan fingerprint density at radius 3 is 2.43 bits per heavy atom. The van der Waals surface area contributed by atoms with Crippen LogP contribution in [0.1, 0.15) is 44.6 Å². The minimum Gasteiger partial charge on any atom is -0.189 e. The second-order valence-electron chi connectivity index (χ2n) is 7.52.